The predicted molar refractivity (Wildman–Crippen MR) is 104 cm³/mol. The Morgan fingerprint density at radius 1 is 0.636 bits per heavy atom. The minimum absolute atomic E-state index is 0.538. The van der Waals surface area contributed by atoms with Crippen LogP contribution in [0.4, 0.5) is 0 Å². The van der Waals surface area contributed by atoms with Crippen molar-refractivity contribution in [2.75, 3.05) is 0 Å². The third-order valence-electron chi connectivity index (χ3n) is 4.23. The van der Waals surface area contributed by atoms with Crippen LogP contribution in [-0.2, 0) is 0 Å². The van der Waals surface area contributed by atoms with Crippen molar-refractivity contribution in [3.63, 3.8) is 0 Å². The van der Waals surface area contributed by atoms with E-state index in [0.717, 1.165) is 0 Å². The van der Waals surface area contributed by atoms with Crippen molar-refractivity contribution in [2.24, 2.45) is 0 Å². The van der Waals surface area contributed by atoms with Gasteiger partial charge in [0, 0.05) is 0 Å². The minimum atomic E-state index is 0.538. The van der Waals surface area contributed by atoms with Crippen molar-refractivity contribution >= 4 is 101 Å². The van der Waals surface area contributed by atoms with Gasteiger partial charge in [0.2, 0.25) is 0 Å². The summed E-state index contributed by atoms with van der Waals surface area (Å²) in [5.41, 5.74) is 0. The van der Waals surface area contributed by atoms with Gasteiger partial charge in [-0.15, -0.1) is 0 Å². The summed E-state index contributed by atoms with van der Waals surface area (Å²) in [4.78, 5) is 4.67. The Morgan fingerprint density at radius 3 is 1.64 bits per heavy atom. The van der Waals surface area contributed by atoms with Gasteiger partial charge in [-0.2, -0.15) is 0 Å². The van der Waals surface area contributed by atoms with Crippen molar-refractivity contribution in [1.82, 2.24) is 0 Å². The third-order valence-corrected chi connectivity index (χ3v) is 10.4. The fourth-order valence-electron chi connectivity index (χ4n) is 3.17. The molecule has 4 heteroatoms. The molecule has 0 amide bonds. The number of hydrogen-bond donors (Lipinski definition) is 0. The van der Waals surface area contributed by atoms with Gasteiger partial charge in [0.1, 0.15) is 0 Å². The van der Waals surface area contributed by atoms with E-state index in [-0.39, 0.29) is 0 Å². The third kappa shape index (κ3) is 1.58. The molecule has 4 heterocycles. The van der Waals surface area contributed by atoms with E-state index in [9.17, 15) is 0 Å². The van der Waals surface area contributed by atoms with E-state index in [1.807, 2.05) is 22.7 Å². The van der Waals surface area contributed by atoms with Crippen LogP contribution in [0.25, 0.3) is 48.9 Å². The first kappa shape index (κ1) is 12.5. The van der Waals surface area contributed by atoms with Gasteiger partial charge >= 0.3 is 147 Å². The van der Waals surface area contributed by atoms with Gasteiger partial charge in [-0.1, -0.05) is 0 Å². The Bertz CT molecular complexity index is 1220. The van der Waals surface area contributed by atoms with E-state index < -0.39 is 0 Å². The Balaban J connectivity index is 1.86. The molecule has 0 N–H and O–H groups in total. The maximum atomic E-state index is 2.43. The molecule has 0 aliphatic carbocycles. The molecule has 0 nitrogen and oxygen atoms in total. The number of hydrogen-bond acceptors (Lipinski definition) is 2. The van der Waals surface area contributed by atoms with Gasteiger partial charge in [-0.3, -0.25) is 0 Å². The Morgan fingerprint density at radius 2 is 1.14 bits per heavy atom. The van der Waals surface area contributed by atoms with Crippen LogP contribution in [0.3, 0.4) is 0 Å². The van der Waals surface area contributed by atoms with Crippen LogP contribution in [0.15, 0.2) is 46.3 Å². The normalized spacial score (nSPS) is 12.5. The topological polar surface area (TPSA) is 0 Å². The second-order valence-electron chi connectivity index (χ2n) is 5.48. The SMILES string of the molecule is c1cc2cc3c(cc2[se]1)sc1c2cc4cc[se]c4cc2sc31. The summed E-state index contributed by atoms with van der Waals surface area (Å²) in [6.07, 6.45) is 0. The number of rotatable bonds is 0. The van der Waals surface area contributed by atoms with E-state index in [1.165, 1.54) is 40.3 Å². The van der Waals surface area contributed by atoms with E-state index in [4.69, 9.17) is 0 Å². The maximum absolute atomic E-state index is 2.43. The molecule has 104 valence electrons. The summed E-state index contributed by atoms with van der Waals surface area (Å²) < 4.78 is 9.01. The fourth-order valence-corrected chi connectivity index (χ4v) is 9.59. The van der Waals surface area contributed by atoms with Crippen LogP contribution >= 0.6 is 22.7 Å². The molecule has 22 heavy (non-hydrogen) atoms. The Labute approximate surface area is 146 Å². The van der Waals surface area contributed by atoms with E-state index in [1.54, 1.807) is 8.52 Å². The summed E-state index contributed by atoms with van der Waals surface area (Å²) in [5.74, 6) is 0. The summed E-state index contributed by atoms with van der Waals surface area (Å²) >= 11 is 5.04. The van der Waals surface area contributed by atoms with E-state index in [2.05, 4.69) is 46.3 Å². The van der Waals surface area contributed by atoms with Crippen LogP contribution in [0.2, 0.25) is 0 Å². The number of benzene rings is 2. The first-order chi connectivity index (χ1) is 10.9. The molecular weight excluding hydrogens is 438 g/mol. The standard InChI is InChI=1S/C18H8S2Se2/c1-3-21-15-7-13-11(5-9(1)15)17-18(19-13)12-6-10-2-4-22-16(10)8-14(12)20-17/h1-8H. The molecule has 0 atom stereocenters. The Kier molecular flexibility index (Phi) is 2.49. The molecule has 0 bridgehead atoms. The zero-order chi connectivity index (χ0) is 14.3. The van der Waals surface area contributed by atoms with E-state index >= 15 is 0 Å². The van der Waals surface area contributed by atoms with Crippen molar-refractivity contribution in [3.05, 3.63) is 46.3 Å². The molecule has 0 saturated carbocycles. The zero-order valence-electron chi connectivity index (χ0n) is 11.3. The molecule has 2 aromatic carbocycles. The second-order valence-corrected chi connectivity index (χ2v) is 11.6. The van der Waals surface area contributed by atoms with Gasteiger partial charge in [0.25, 0.3) is 0 Å². The van der Waals surface area contributed by atoms with Gasteiger partial charge in [-0.25, -0.2) is 0 Å². The molecule has 0 unspecified atom stereocenters. The Hall–Kier alpha value is -0.861. The molecule has 0 spiro atoms. The molecule has 6 rings (SSSR count). The van der Waals surface area contributed by atoms with Gasteiger partial charge < -0.3 is 0 Å². The average molecular weight is 446 g/mol. The summed E-state index contributed by atoms with van der Waals surface area (Å²) in [6.45, 7) is 0. The fraction of sp³-hybridized carbons (Fsp3) is 0. The quantitative estimate of drug-likeness (QED) is 0.263. The van der Waals surface area contributed by atoms with Crippen LogP contribution in [-0.4, -0.2) is 29.0 Å². The molecular formula is C18H8S2Se2. The molecule has 6 aromatic rings. The molecule has 0 aliphatic rings. The zero-order valence-corrected chi connectivity index (χ0v) is 16.3. The van der Waals surface area contributed by atoms with Crippen LogP contribution in [0.1, 0.15) is 0 Å². The van der Waals surface area contributed by atoms with Crippen LogP contribution in [0.5, 0.6) is 0 Å². The predicted octanol–water partition coefficient (Wildman–Crippen LogP) is 5.69. The van der Waals surface area contributed by atoms with Gasteiger partial charge in [-0.05, 0) is 0 Å². The van der Waals surface area contributed by atoms with Gasteiger partial charge in [0.05, 0.1) is 0 Å². The van der Waals surface area contributed by atoms with Crippen molar-refractivity contribution < 1.29 is 0 Å². The second kappa shape index (κ2) is 4.36. The summed E-state index contributed by atoms with van der Waals surface area (Å²) in [7, 11) is 0. The summed E-state index contributed by atoms with van der Waals surface area (Å²) in [6, 6.07) is 14.3. The van der Waals surface area contributed by atoms with Crippen molar-refractivity contribution in [3.8, 4) is 0 Å². The van der Waals surface area contributed by atoms with Crippen molar-refractivity contribution in [2.45, 2.75) is 0 Å². The first-order valence-electron chi connectivity index (χ1n) is 7.00. The molecule has 0 radical (unpaired) electrons. The molecule has 0 saturated heterocycles. The van der Waals surface area contributed by atoms with Crippen LogP contribution in [0, 0.1) is 0 Å². The average Bonchev–Trinajstić information content (AvgIpc) is 3.25. The molecule has 0 fully saturated rings. The number of thiophene rings is 2. The van der Waals surface area contributed by atoms with Crippen LogP contribution < -0.4 is 0 Å². The molecule has 4 aromatic heterocycles. The first-order valence-corrected chi connectivity index (χ1v) is 12.3. The van der Waals surface area contributed by atoms with Crippen molar-refractivity contribution in [1.29, 1.82) is 0 Å². The monoisotopic (exact) mass is 448 g/mol. The number of fused-ring (bicyclic) bond motifs is 7. The van der Waals surface area contributed by atoms with Gasteiger partial charge in [0.15, 0.2) is 0 Å². The van der Waals surface area contributed by atoms with E-state index in [0.29, 0.717) is 29.0 Å². The molecule has 0 aliphatic heterocycles. The summed E-state index contributed by atoms with van der Waals surface area (Å²) in [5, 5.41) is 5.81.